The molecular weight excluding hydrogens is 460 g/mol. The lowest BCUT2D eigenvalue weighted by molar-refractivity contribution is -0.384. The SMILES string of the molecule is Cc1cc(-c2ccc(/C=N/Nc3nc(NCc4ccccc4)nc(N(C)C)n3)o2)c([N+](=O)[O-])cc1C. The summed E-state index contributed by atoms with van der Waals surface area (Å²) in [5.41, 5.74) is 6.07. The molecule has 0 saturated carbocycles. The van der Waals surface area contributed by atoms with Crippen LogP contribution in [0.2, 0.25) is 0 Å². The van der Waals surface area contributed by atoms with Crippen molar-refractivity contribution in [1.29, 1.82) is 0 Å². The molecule has 2 heterocycles. The Kier molecular flexibility index (Phi) is 7.19. The topological polar surface area (TPSA) is 135 Å². The van der Waals surface area contributed by atoms with Crippen molar-refractivity contribution in [1.82, 2.24) is 15.0 Å². The minimum absolute atomic E-state index is 0.00834. The zero-order valence-electron chi connectivity index (χ0n) is 20.4. The molecule has 0 amide bonds. The van der Waals surface area contributed by atoms with Crippen molar-refractivity contribution >= 4 is 29.7 Å². The number of nitro benzene ring substituents is 1. The normalized spacial score (nSPS) is 11.0. The van der Waals surface area contributed by atoms with Crippen LogP contribution in [0.1, 0.15) is 22.5 Å². The van der Waals surface area contributed by atoms with E-state index in [2.05, 4.69) is 30.8 Å². The fourth-order valence-electron chi connectivity index (χ4n) is 3.34. The number of aryl methyl sites for hydroxylation is 2. The number of rotatable bonds is 9. The summed E-state index contributed by atoms with van der Waals surface area (Å²) in [4.78, 5) is 26.0. The highest BCUT2D eigenvalue weighted by molar-refractivity contribution is 5.79. The van der Waals surface area contributed by atoms with E-state index in [-0.39, 0.29) is 11.6 Å². The monoisotopic (exact) mass is 486 g/mol. The van der Waals surface area contributed by atoms with Gasteiger partial charge in [-0.15, -0.1) is 0 Å². The van der Waals surface area contributed by atoms with E-state index in [9.17, 15) is 10.1 Å². The maximum absolute atomic E-state index is 11.5. The molecule has 2 N–H and O–H groups in total. The first-order chi connectivity index (χ1) is 17.3. The summed E-state index contributed by atoms with van der Waals surface area (Å²) >= 11 is 0. The Morgan fingerprint density at radius 2 is 1.75 bits per heavy atom. The van der Waals surface area contributed by atoms with Gasteiger partial charge in [0.15, 0.2) is 0 Å². The van der Waals surface area contributed by atoms with E-state index in [0.29, 0.717) is 35.5 Å². The van der Waals surface area contributed by atoms with Gasteiger partial charge in [-0.05, 0) is 48.7 Å². The molecule has 0 aliphatic rings. The van der Waals surface area contributed by atoms with Crippen molar-refractivity contribution in [3.63, 3.8) is 0 Å². The highest BCUT2D eigenvalue weighted by Crippen LogP contribution is 2.33. The minimum Gasteiger partial charge on any atom is -0.455 e. The first-order valence-electron chi connectivity index (χ1n) is 11.2. The molecule has 0 radical (unpaired) electrons. The lowest BCUT2D eigenvalue weighted by Crippen LogP contribution is -2.16. The average molecular weight is 487 g/mol. The van der Waals surface area contributed by atoms with Crippen molar-refractivity contribution in [2.24, 2.45) is 5.10 Å². The highest BCUT2D eigenvalue weighted by Gasteiger charge is 2.19. The molecule has 0 unspecified atom stereocenters. The summed E-state index contributed by atoms with van der Waals surface area (Å²) in [6.07, 6.45) is 1.45. The van der Waals surface area contributed by atoms with Gasteiger partial charge in [0.2, 0.25) is 17.8 Å². The van der Waals surface area contributed by atoms with Gasteiger partial charge in [-0.1, -0.05) is 30.3 Å². The van der Waals surface area contributed by atoms with Crippen LogP contribution >= 0.6 is 0 Å². The predicted octanol–water partition coefficient (Wildman–Crippen LogP) is 4.78. The number of benzene rings is 2. The first-order valence-corrected chi connectivity index (χ1v) is 11.2. The minimum atomic E-state index is -0.411. The molecule has 0 aliphatic heterocycles. The van der Waals surface area contributed by atoms with Crippen molar-refractivity contribution in [2.45, 2.75) is 20.4 Å². The summed E-state index contributed by atoms with van der Waals surface area (Å²) in [6.45, 7) is 4.29. The molecular formula is C25H26N8O3. The van der Waals surface area contributed by atoms with Gasteiger partial charge >= 0.3 is 0 Å². The molecule has 0 aliphatic carbocycles. The van der Waals surface area contributed by atoms with E-state index in [1.807, 2.05) is 58.3 Å². The van der Waals surface area contributed by atoms with Gasteiger partial charge in [0.05, 0.1) is 16.7 Å². The van der Waals surface area contributed by atoms with Crippen molar-refractivity contribution in [2.75, 3.05) is 29.7 Å². The number of aromatic nitrogens is 3. The number of hydrogen-bond acceptors (Lipinski definition) is 10. The maximum Gasteiger partial charge on any atom is 0.280 e. The average Bonchev–Trinajstić information content (AvgIpc) is 3.33. The lowest BCUT2D eigenvalue weighted by atomic mass is 10.0. The summed E-state index contributed by atoms with van der Waals surface area (Å²) in [6, 6.07) is 16.6. The van der Waals surface area contributed by atoms with Gasteiger partial charge in [0.1, 0.15) is 11.5 Å². The first kappa shape index (κ1) is 24.3. The molecule has 11 heteroatoms. The number of hydrogen-bond donors (Lipinski definition) is 2. The molecule has 0 saturated heterocycles. The summed E-state index contributed by atoms with van der Waals surface area (Å²) in [5, 5.41) is 18.9. The molecule has 4 aromatic rings. The molecule has 0 spiro atoms. The molecule has 2 aromatic heterocycles. The smallest absolute Gasteiger partial charge is 0.280 e. The Morgan fingerprint density at radius 1 is 1.03 bits per heavy atom. The third kappa shape index (κ3) is 5.81. The van der Waals surface area contributed by atoms with E-state index in [1.54, 1.807) is 29.2 Å². The van der Waals surface area contributed by atoms with Gasteiger partial charge in [-0.3, -0.25) is 10.1 Å². The van der Waals surface area contributed by atoms with Crippen LogP contribution in [0, 0.1) is 24.0 Å². The van der Waals surface area contributed by atoms with Crippen LogP contribution < -0.4 is 15.6 Å². The van der Waals surface area contributed by atoms with E-state index in [4.69, 9.17) is 4.42 Å². The fraction of sp³-hybridized carbons (Fsp3) is 0.200. The standard InChI is InChI=1S/C25H26N8O3/c1-16-12-20(21(33(34)35)13-17(16)2)22-11-10-19(36-22)15-27-31-24-28-23(29-25(30-24)32(3)4)26-14-18-8-6-5-7-9-18/h5-13,15H,14H2,1-4H3,(H2,26,28,29,30,31)/b27-15+. The Bertz CT molecular complexity index is 1400. The van der Waals surface area contributed by atoms with Crippen LogP contribution in [0.3, 0.4) is 0 Å². The number of nitrogens with zero attached hydrogens (tertiary/aromatic N) is 6. The van der Waals surface area contributed by atoms with E-state index < -0.39 is 4.92 Å². The van der Waals surface area contributed by atoms with E-state index in [0.717, 1.165) is 16.7 Å². The molecule has 0 fully saturated rings. The lowest BCUT2D eigenvalue weighted by Gasteiger charge is -2.13. The third-order valence-corrected chi connectivity index (χ3v) is 5.37. The largest absolute Gasteiger partial charge is 0.455 e. The van der Waals surface area contributed by atoms with Crippen molar-refractivity contribution in [3.05, 3.63) is 87.2 Å². The predicted molar refractivity (Wildman–Crippen MR) is 139 cm³/mol. The number of anilines is 3. The van der Waals surface area contributed by atoms with Gasteiger partial charge in [-0.25, -0.2) is 5.43 Å². The van der Waals surface area contributed by atoms with E-state index >= 15 is 0 Å². The van der Waals surface area contributed by atoms with Crippen LogP contribution in [0.4, 0.5) is 23.5 Å². The number of hydrazone groups is 1. The maximum atomic E-state index is 11.5. The Morgan fingerprint density at radius 3 is 2.47 bits per heavy atom. The Hall–Kier alpha value is -4.80. The molecule has 2 aromatic carbocycles. The molecule has 4 rings (SSSR count). The van der Waals surface area contributed by atoms with Gasteiger partial charge < -0.3 is 14.6 Å². The zero-order valence-corrected chi connectivity index (χ0v) is 20.4. The quantitative estimate of drug-likeness (QED) is 0.195. The molecule has 36 heavy (non-hydrogen) atoms. The van der Waals surface area contributed by atoms with Gasteiger partial charge in [0, 0.05) is 26.7 Å². The van der Waals surface area contributed by atoms with Crippen molar-refractivity contribution in [3.8, 4) is 11.3 Å². The molecule has 0 bridgehead atoms. The van der Waals surface area contributed by atoms with Gasteiger partial charge in [-0.2, -0.15) is 20.1 Å². The second-order valence-electron chi connectivity index (χ2n) is 8.30. The molecule has 184 valence electrons. The number of nitro groups is 1. The van der Waals surface area contributed by atoms with Crippen LogP contribution in [-0.4, -0.2) is 40.2 Å². The highest BCUT2D eigenvalue weighted by atomic mass is 16.6. The summed E-state index contributed by atoms with van der Waals surface area (Å²) < 4.78 is 5.80. The summed E-state index contributed by atoms with van der Waals surface area (Å²) in [5.74, 6) is 1.90. The van der Waals surface area contributed by atoms with Crippen LogP contribution in [0.5, 0.6) is 0 Å². The molecule has 0 atom stereocenters. The van der Waals surface area contributed by atoms with Crippen LogP contribution in [0.25, 0.3) is 11.3 Å². The zero-order chi connectivity index (χ0) is 25.7. The van der Waals surface area contributed by atoms with Crippen LogP contribution in [-0.2, 0) is 6.54 Å². The second kappa shape index (κ2) is 10.6. The van der Waals surface area contributed by atoms with E-state index in [1.165, 1.54) is 6.21 Å². The van der Waals surface area contributed by atoms with Crippen molar-refractivity contribution < 1.29 is 9.34 Å². The number of furan rings is 1. The number of nitrogens with one attached hydrogen (secondary N) is 2. The Labute approximate surface area is 208 Å². The Balaban J connectivity index is 1.50. The second-order valence-corrected chi connectivity index (χ2v) is 8.30. The third-order valence-electron chi connectivity index (χ3n) is 5.37. The molecule has 11 nitrogen and oxygen atoms in total. The van der Waals surface area contributed by atoms with Crippen LogP contribution in [0.15, 0.2) is 64.1 Å². The fourth-order valence-corrected chi connectivity index (χ4v) is 3.34. The summed E-state index contributed by atoms with van der Waals surface area (Å²) in [7, 11) is 3.67. The van der Waals surface area contributed by atoms with Gasteiger partial charge in [0.25, 0.3) is 5.69 Å².